The molecule has 0 radical (unpaired) electrons. The van der Waals surface area contributed by atoms with E-state index in [1.54, 1.807) is 18.2 Å². The van der Waals surface area contributed by atoms with Gasteiger partial charge in [-0.3, -0.25) is 0 Å². The average molecular weight is 405 g/mol. The smallest absolute Gasteiger partial charge is 0.338 e. The summed E-state index contributed by atoms with van der Waals surface area (Å²) in [6, 6.07) is 12.9. The standard InChI is InChI=1S/C17H12INO3/c1-2-8-21-17(20)12-6-7-15-14(10-12)19-16(22-15)11-4-3-5-13(18)9-11/h2-7,9-10H,1,8H2. The number of fused-ring (bicyclic) bond motifs is 1. The lowest BCUT2D eigenvalue weighted by Crippen LogP contribution is -2.04. The van der Waals surface area contributed by atoms with Crippen LogP contribution in [0.1, 0.15) is 10.4 Å². The van der Waals surface area contributed by atoms with Crippen LogP contribution in [-0.2, 0) is 4.74 Å². The summed E-state index contributed by atoms with van der Waals surface area (Å²) in [6.07, 6.45) is 1.53. The maximum atomic E-state index is 11.8. The first-order valence-electron chi connectivity index (χ1n) is 6.62. The Kier molecular flexibility index (Phi) is 4.24. The van der Waals surface area contributed by atoms with Crippen LogP contribution in [0, 0.1) is 3.57 Å². The summed E-state index contributed by atoms with van der Waals surface area (Å²) in [7, 11) is 0. The van der Waals surface area contributed by atoms with Crippen molar-refractivity contribution in [2.45, 2.75) is 0 Å². The van der Waals surface area contributed by atoms with Gasteiger partial charge >= 0.3 is 5.97 Å². The Balaban J connectivity index is 1.96. The molecule has 0 atom stereocenters. The molecule has 0 unspecified atom stereocenters. The number of ether oxygens (including phenoxy) is 1. The first-order valence-corrected chi connectivity index (χ1v) is 7.70. The molecule has 22 heavy (non-hydrogen) atoms. The van der Waals surface area contributed by atoms with Crippen molar-refractivity contribution in [1.82, 2.24) is 4.98 Å². The molecule has 0 aliphatic rings. The third kappa shape index (κ3) is 3.04. The van der Waals surface area contributed by atoms with E-state index in [0.29, 0.717) is 22.6 Å². The van der Waals surface area contributed by atoms with Gasteiger partial charge in [-0.05, 0) is 59.0 Å². The van der Waals surface area contributed by atoms with E-state index in [4.69, 9.17) is 9.15 Å². The van der Waals surface area contributed by atoms with Crippen LogP contribution in [0.4, 0.5) is 0 Å². The highest BCUT2D eigenvalue weighted by atomic mass is 127. The van der Waals surface area contributed by atoms with Gasteiger partial charge in [0.15, 0.2) is 5.58 Å². The topological polar surface area (TPSA) is 52.3 Å². The summed E-state index contributed by atoms with van der Waals surface area (Å²) in [5.41, 5.74) is 2.60. The number of aromatic nitrogens is 1. The van der Waals surface area contributed by atoms with E-state index in [1.807, 2.05) is 24.3 Å². The Morgan fingerprint density at radius 2 is 2.18 bits per heavy atom. The predicted octanol–water partition coefficient (Wildman–Crippen LogP) is 4.44. The van der Waals surface area contributed by atoms with Gasteiger partial charge in [-0.25, -0.2) is 9.78 Å². The van der Waals surface area contributed by atoms with E-state index < -0.39 is 5.97 Å². The van der Waals surface area contributed by atoms with E-state index in [1.165, 1.54) is 6.08 Å². The maximum absolute atomic E-state index is 11.8. The second kappa shape index (κ2) is 6.31. The van der Waals surface area contributed by atoms with E-state index in [9.17, 15) is 4.79 Å². The van der Waals surface area contributed by atoms with Crippen LogP contribution < -0.4 is 0 Å². The number of esters is 1. The van der Waals surface area contributed by atoms with Gasteiger partial charge in [0, 0.05) is 9.13 Å². The van der Waals surface area contributed by atoms with Crippen molar-refractivity contribution in [3.63, 3.8) is 0 Å². The van der Waals surface area contributed by atoms with Gasteiger partial charge in [-0.15, -0.1) is 0 Å². The number of nitrogens with zero attached hydrogens (tertiary/aromatic N) is 1. The average Bonchev–Trinajstić information content (AvgIpc) is 2.95. The number of benzene rings is 2. The normalized spacial score (nSPS) is 10.6. The number of carbonyl (C=O) groups excluding carboxylic acids is 1. The number of rotatable bonds is 4. The van der Waals surface area contributed by atoms with Gasteiger partial charge in [-0.1, -0.05) is 18.7 Å². The molecule has 0 bridgehead atoms. The van der Waals surface area contributed by atoms with Gasteiger partial charge in [-0.2, -0.15) is 0 Å². The zero-order valence-electron chi connectivity index (χ0n) is 11.6. The molecular formula is C17H12INO3. The SMILES string of the molecule is C=CCOC(=O)c1ccc2oc(-c3cccc(I)c3)nc2c1. The van der Waals surface area contributed by atoms with Gasteiger partial charge in [0.2, 0.25) is 5.89 Å². The van der Waals surface area contributed by atoms with Crippen molar-refractivity contribution in [2.75, 3.05) is 6.61 Å². The first kappa shape index (κ1) is 14.8. The second-order valence-corrected chi connectivity index (χ2v) is 5.84. The van der Waals surface area contributed by atoms with E-state index in [0.717, 1.165) is 9.13 Å². The first-order chi connectivity index (χ1) is 10.7. The molecule has 0 N–H and O–H groups in total. The number of halogens is 1. The lowest BCUT2D eigenvalue weighted by atomic mass is 10.2. The lowest BCUT2D eigenvalue weighted by Gasteiger charge is -2.00. The van der Waals surface area contributed by atoms with Gasteiger partial charge in [0.25, 0.3) is 0 Å². The fraction of sp³-hybridized carbons (Fsp3) is 0.0588. The number of oxazole rings is 1. The Hall–Kier alpha value is -2.15. The highest BCUT2D eigenvalue weighted by Gasteiger charge is 2.12. The second-order valence-electron chi connectivity index (χ2n) is 4.60. The number of hydrogen-bond acceptors (Lipinski definition) is 4. The van der Waals surface area contributed by atoms with E-state index >= 15 is 0 Å². The highest BCUT2D eigenvalue weighted by Crippen LogP contribution is 2.26. The molecule has 2 aromatic carbocycles. The zero-order chi connectivity index (χ0) is 15.5. The largest absolute Gasteiger partial charge is 0.458 e. The minimum Gasteiger partial charge on any atom is -0.458 e. The number of hydrogen-bond donors (Lipinski definition) is 0. The van der Waals surface area contributed by atoms with E-state index in [2.05, 4.69) is 34.2 Å². The van der Waals surface area contributed by atoms with Crippen molar-refractivity contribution in [3.05, 3.63) is 64.3 Å². The fourth-order valence-electron chi connectivity index (χ4n) is 2.02. The molecule has 110 valence electrons. The Morgan fingerprint density at radius 3 is 2.95 bits per heavy atom. The molecule has 5 heteroatoms. The molecule has 0 saturated heterocycles. The minimum absolute atomic E-state index is 0.184. The third-order valence-electron chi connectivity index (χ3n) is 3.03. The van der Waals surface area contributed by atoms with Crippen LogP contribution in [0.25, 0.3) is 22.6 Å². The molecule has 1 aromatic heterocycles. The van der Waals surface area contributed by atoms with Crippen molar-refractivity contribution >= 4 is 39.7 Å². The van der Waals surface area contributed by atoms with Crippen LogP contribution in [0.15, 0.2) is 59.5 Å². The molecule has 4 nitrogen and oxygen atoms in total. The molecule has 0 aliphatic heterocycles. The van der Waals surface area contributed by atoms with Crippen LogP contribution >= 0.6 is 22.6 Å². The number of carbonyl (C=O) groups is 1. The fourth-order valence-corrected chi connectivity index (χ4v) is 2.56. The van der Waals surface area contributed by atoms with Crippen LogP contribution in [0.3, 0.4) is 0 Å². The lowest BCUT2D eigenvalue weighted by molar-refractivity contribution is 0.0550. The van der Waals surface area contributed by atoms with Crippen LogP contribution in [0.2, 0.25) is 0 Å². The summed E-state index contributed by atoms with van der Waals surface area (Å²) >= 11 is 2.24. The summed E-state index contributed by atoms with van der Waals surface area (Å²) in [5, 5.41) is 0. The third-order valence-corrected chi connectivity index (χ3v) is 3.70. The molecule has 3 rings (SSSR count). The monoisotopic (exact) mass is 405 g/mol. The molecule has 0 aliphatic carbocycles. The quantitative estimate of drug-likeness (QED) is 0.366. The van der Waals surface area contributed by atoms with Crippen LogP contribution in [0.5, 0.6) is 0 Å². The van der Waals surface area contributed by atoms with Crippen molar-refractivity contribution in [3.8, 4) is 11.5 Å². The zero-order valence-corrected chi connectivity index (χ0v) is 13.7. The summed E-state index contributed by atoms with van der Waals surface area (Å²) < 4.78 is 11.9. The van der Waals surface area contributed by atoms with Gasteiger partial charge < -0.3 is 9.15 Å². The van der Waals surface area contributed by atoms with Crippen LogP contribution in [-0.4, -0.2) is 17.6 Å². The minimum atomic E-state index is -0.402. The Bertz CT molecular complexity index is 854. The molecule has 0 fully saturated rings. The summed E-state index contributed by atoms with van der Waals surface area (Å²) in [4.78, 5) is 16.3. The van der Waals surface area contributed by atoms with Crippen molar-refractivity contribution < 1.29 is 13.9 Å². The predicted molar refractivity (Wildman–Crippen MR) is 92.6 cm³/mol. The maximum Gasteiger partial charge on any atom is 0.338 e. The summed E-state index contributed by atoms with van der Waals surface area (Å²) in [5.74, 6) is 0.130. The molecule has 0 amide bonds. The van der Waals surface area contributed by atoms with Gasteiger partial charge in [0.05, 0.1) is 5.56 Å². The molecule has 0 spiro atoms. The van der Waals surface area contributed by atoms with Gasteiger partial charge in [0.1, 0.15) is 12.1 Å². The molecular weight excluding hydrogens is 393 g/mol. The molecule has 1 heterocycles. The Morgan fingerprint density at radius 1 is 1.32 bits per heavy atom. The highest BCUT2D eigenvalue weighted by molar-refractivity contribution is 14.1. The molecule has 0 saturated carbocycles. The van der Waals surface area contributed by atoms with E-state index in [-0.39, 0.29) is 6.61 Å². The summed E-state index contributed by atoms with van der Waals surface area (Å²) in [6.45, 7) is 3.70. The molecule has 3 aromatic rings. The van der Waals surface area contributed by atoms with Crippen molar-refractivity contribution in [2.24, 2.45) is 0 Å². The van der Waals surface area contributed by atoms with Crippen molar-refractivity contribution in [1.29, 1.82) is 0 Å². The Labute approximate surface area is 140 Å².